The van der Waals surface area contributed by atoms with Crippen LogP contribution >= 0.6 is 11.8 Å². The van der Waals surface area contributed by atoms with Crippen LogP contribution in [0.25, 0.3) is 5.69 Å². The number of ether oxygens (including phenoxy) is 2. The Hall–Kier alpha value is -3.78. The average Bonchev–Trinajstić information content (AvgIpc) is 3.29. The van der Waals surface area contributed by atoms with Crippen LogP contribution < -0.4 is 14.8 Å². The lowest BCUT2D eigenvalue weighted by molar-refractivity contribution is 0.0943. The van der Waals surface area contributed by atoms with E-state index in [1.165, 1.54) is 25.3 Å². The highest BCUT2D eigenvalue weighted by molar-refractivity contribution is 7.98. The van der Waals surface area contributed by atoms with Gasteiger partial charge in [0, 0.05) is 11.4 Å². The molecule has 0 aliphatic rings. The number of hydrogen-bond donors (Lipinski definition) is 1. The molecule has 0 atom stereocenters. The van der Waals surface area contributed by atoms with Gasteiger partial charge >= 0.3 is 0 Å². The quantitative estimate of drug-likeness (QED) is 0.329. The van der Waals surface area contributed by atoms with Gasteiger partial charge in [-0.2, -0.15) is 0 Å². The van der Waals surface area contributed by atoms with Gasteiger partial charge in [0.05, 0.1) is 20.8 Å². The molecule has 4 aromatic rings. The fourth-order valence-electron chi connectivity index (χ4n) is 3.70. The number of aromatic nitrogens is 3. The van der Waals surface area contributed by atoms with Crippen molar-refractivity contribution in [3.63, 3.8) is 0 Å². The van der Waals surface area contributed by atoms with Crippen molar-refractivity contribution >= 4 is 17.7 Å². The van der Waals surface area contributed by atoms with Gasteiger partial charge in [-0.25, -0.2) is 0 Å². The first kappa shape index (κ1) is 24.3. The topological polar surface area (TPSA) is 78.3 Å². The van der Waals surface area contributed by atoms with Crippen LogP contribution in [0.1, 0.15) is 32.9 Å². The van der Waals surface area contributed by atoms with Gasteiger partial charge in [-0.1, -0.05) is 59.8 Å². The summed E-state index contributed by atoms with van der Waals surface area (Å²) in [5, 5.41) is 12.6. The average molecular weight is 489 g/mol. The fraction of sp³-hybridized carbons (Fsp3) is 0.222. The number of thioether (sulfide) groups is 1. The van der Waals surface area contributed by atoms with Gasteiger partial charge in [0.15, 0.2) is 11.0 Å². The molecule has 0 unspecified atom stereocenters. The highest BCUT2D eigenvalue weighted by atomic mass is 32.2. The highest BCUT2D eigenvalue weighted by Crippen LogP contribution is 2.29. The number of rotatable bonds is 9. The smallest absolute Gasteiger partial charge is 0.259 e. The molecule has 0 saturated carbocycles. The Balaban J connectivity index is 1.61. The largest absolute Gasteiger partial charge is 0.496 e. The Labute approximate surface area is 209 Å². The lowest BCUT2D eigenvalue weighted by Gasteiger charge is -2.14. The van der Waals surface area contributed by atoms with Gasteiger partial charge in [-0.3, -0.25) is 9.36 Å². The Morgan fingerprint density at radius 1 is 0.914 bits per heavy atom. The Morgan fingerprint density at radius 2 is 1.60 bits per heavy atom. The van der Waals surface area contributed by atoms with E-state index in [2.05, 4.69) is 34.6 Å². The normalized spacial score (nSPS) is 10.7. The van der Waals surface area contributed by atoms with Gasteiger partial charge in [-0.15, -0.1) is 10.2 Å². The number of aryl methyl sites for hydroxylation is 2. The number of carbonyl (C=O) groups is 1. The molecule has 0 aliphatic heterocycles. The molecular formula is C27H28N4O3S. The summed E-state index contributed by atoms with van der Waals surface area (Å²) in [6.45, 7) is 4.34. The molecule has 8 heteroatoms. The second-order valence-electron chi connectivity index (χ2n) is 8.01. The number of benzene rings is 3. The van der Waals surface area contributed by atoms with Gasteiger partial charge < -0.3 is 14.8 Å². The van der Waals surface area contributed by atoms with Crippen LogP contribution in [0.4, 0.5) is 0 Å². The summed E-state index contributed by atoms with van der Waals surface area (Å²) < 4.78 is 12.7. The third-order valence-electron chi connectivity index (χ3n) is 5.67. The summed E-state index contributed by atoms with van der Waals surface area (Å²) in [6.07, 6.45) is 0. The zero-order chi connectivity index (χ0) is 24.8. The third kappa shape index (κ3) is 5.49. The van der Waals surface area contributed by atoms with Crippen molar-refractivity contribution in [1.82, 2.24) is 20.1 Å². The number of carbonyl (C=O) groups excluding carboxylic acids is 1. The van der Waals surface area contributed by atoms with Crippen molar-refractivity contribution in [1.29, 1.82) is 0 Å². The first-order valence-corrected chi connectivity index (χ1v) is 12.2. The summed E-state index contributed by atoms with van der Waals surface area (Å²) >= 11 is 1.61. The van der Waals surface area contributed by atoms with Crippen LogP contribution in [-0.2, 0) is 12.3 Å². The summed E-state index contributed by atoms with van der Waals surface area (Å²) in [5.74, 6) is 1.96. The molecule has 1 aromatic heterocycles. The van der Waals surface area contributed by atoms with E-state index >= 15 is 0 Å². The SMILES string of the molecule is COc1cccc(OC)c1C(=O)NCc1nnc(SCc2ccccc2C)n1-c1ccc(C)cc1. The van der Waals surface area contributed by atoms with Gasteiger partial charge in [0.25, 0.3) is 5.91 Å². The van der Waals surface area contributed by atoms with Crippen molar-refractivity contribution in [3.8, 4) is 17.2 Å². The first-order chi connectivity index (χ1) is 17.0. The Kier molecular flexibility index (Phi) is 7.72. The maximum Gasteiger partial charge on any atom is 0.259 e. The van der Waals surface area contributed by atoms with Crippen LogP contribution in [0.2, 0.25) is 0 Å². The molecule has 35 heavy (non-hydrogen) atoms. The summed E-state index contributed by atoms with van der Waals surface area (Å²) in [6, 6.07) is 21.7. The zero-order valence-corrected chi connectivity index (χ0v) is 21.1. The fourth-order valence-corrected chi connectivity index (χ4v) is 4.75. The van der Waals surface area contributed by atoms with Crippen molar-refractivity contribution in [2.24, 2.45) is 0 Å². The monoisotopic (exact) mass is 488 g/mol. The highest BCUT2D eigenvalue weighted by Gasteiger charge is 2.20. The van der Waals surface area contributed by atoms with E-state index in [1.54, 1.807) is 30.0 Å². The molecular weight excluding hydrogens is 460 g/mol. The molecule has 0 saturated heterocycles. The number of hydrogen-bond acceptors (Lipinski definition) is 6. The van der Waals surface area contributed by atoms with E-state index in [-0.39, 0.29) is 12.5 Å². The van der Waals surface area contributed by atoms with Crippen molar-refractivity contribution in [2.75, 3.05) is 14.2 Å². The summed E-state index contributed by atoms with van der Waals surface area (Å²) in [5.41, 5.74) is 4.92. The number of nitrogens with zero attached hydrogens (tertiary/aromatic N) is 3. The predicted octanol–water partition coefficient (Wildman–Crippen LogP) is 5.12. The molecule has 180 valence electrons. The molecule has 0 aliphatic carbocycles. The molecule has 3 aromatic carbocycles. The van der Waals surface area contributed by atoms with Crippen molar-refractivity contribution in [2.45, 2.75) is 31.3 Å². The number of amides is 1. The maximum absolute atomic E-state index is 13.1. The third-order valence-corrected chi connectivity index (χ3v) is 6.65. The van der Waals surface area contributed by atoms with Crippen LogP contribution in [0, 0.1) is 13.8 Å². The second-order valence-corrected chi connectivity index (χ2v) is 8.95. The molecule has 0 bridgehead atoms. The van der Waals surface area contributed by atoms with E-state index in [1.807, 2.05) is 47.9 Å². The van der Waals surface area contributed by atoms with Crippen LogP contribution in [-0.4, -0.2) is 34.9 Å². The van der Waals surface area contributed by atoms with E-state index in [9.17, 15) is 4.79 Å². The van der Waals surface area contributed by atoms with E-state index in [0.29, 0.717) is 22.9 Å². The minimum atomic E-state index is -0.313. The number of nitrogens with one attached hydrogen (secondary N) is 1. The van der Waals surface area contributed by atoms with Gasteiger partial charge in [0.2, 0.25) is 0 Å². The molecule has 0 radical (unpaired) electrons. The lowest BCUT2D eigenvalue weighted by Crippen LogP contribution is -2.25. The van der Waals surface area contributed by atoms with Gasteiger partial charge in [-0.05, 0) is 49.2 Å². The predicted molar refractivity (Wildman–Crippen MR) is 138 cm³/mol. The second kappa shape index (κ2) is 11.1. The Morgan fingerprint density at radius 3 is 2.26 bits per heavy atom. The molecule has 0 fully saturated rings. The first-order valence-electron chi connectivity index (χ1n) is 11.2. The molecule has 0 spiro atoms. The lowest BCUT2D eigenvalue weighted by atomic mass is 10.1. The van der Waals surface area contributed by atoms with Crippen LogP contribution in [0.5, 0.6) is 11.5 Å². The number of methoxy groups -OCH3 is 2. The van der Waals surface area contributed by atoms with E-state index in [0.717, 1.165) is 22.2 Å². The summed E-state index contributed by atoms with van der Waals surface area (Å²) in [7, 11) is 3.05. The molecule has 4 rings (SSSR count). The minimum Gasteiger partial charge on any atom is -0.496 e. The van der Waals surface area contributed by atoms with Crippen LogP contribution in [0.3, 0.4) is 0 Å². The van der Waals surface area contributed by atoms with Crippen LogP contribution in [0.15, 0.2) is 71.9 Å². The maximum atomic E-state index is 13.1. The molecule has 7 nitrogen and oxygen atoms in total. The standard InChI is InChI=1S/C27H28N4O3S/c1-18-12-14-21(15-13-18)31-24(29-30-27(31)35-17-20-9-6-5-8-19(20)2)16-28-26(32)25-22(33-3)10-7-11-23(25)34-4/h5-15H,16-17H2,1-4H3,(H,28,32). The van der Waals surface area contributed by atoms with E-state index in [4.69, 9.17) is 9.47 Å². The minimum absolute atomic E-state index is 0.186. The van der Waals surface area contributed by atoms with Crippen molar-refractivity contribution in [3.05, 3.63) is 94.8 Å². The van der Waals surface area contributed by atoms with Gasteiger partial charge in [0.1, 0.15) is 17.1 Å². The molecule has 1 N–H and O–H groups in total. The van der Waals surface area contributed by atoms with Crippen molar-refractivity contribution < 1.29 is 14.3 Å². The molecule has 1 heterocycles. The zero-order valence-electron chi connectivity index (χ0n) is 20.2. The summed E-state index contributed by atoms with van der Waals surface area (Å²) in [4.78, 5) is 13.1. The molecule has 1 amide bonds. The Bertz CT molecular complexity index is 1300. The van der Waals surface area contributed by atoms with E-state index < -0.39 is 0 Å².